The fraction of sp³-hybridized carbons (Fsp3) is 0.462. The molecule has 1 N–H and O–H groups in total. The second-order valence-corrected chi connectivity index (χ2v) is 4.21. The summed E-state index contributed by atoms with van der Waals surface area (Å²) in [7, 11) is 1.65. The highest BCUT2D eigenvalue weighted by Gasteiger charge is 2.36. The van der Waals surface area contributed by atoms with Gasteiger partial charge in [-0.05, 0) is 12.5 Å². The van der Waals surface area contributed by atoms with Crippen molar-refractivity contribution >= 4 is 5.91 Å². The van der Waals surface area contributed by atoms with E-state index in [0.29, 0.717) is 13.2 Å². The highest BCUT2D eigenvalue weighted by Crippen LogP contribution is 2.23. The summed E-state index contributed by atoms with van der Waals surface area (Å²) in [6.45, 7) is 3.20. The molecule has 0 saturated carbocycles. The van der Waals surface area contributed by atoms with Crippen molar-refractivity contribution in [2.24, 2.45) is 0 Å². The van der Waals surface area contributed by atoms with Crippen molar-refractivity contribution in [1.82, 2.24) is 10.2 Å². The van der Waals surface area contributed by atoms with Crippen LogP contribution in [0.5, 0.6) is 0 Å². The number of hydrogen-bond donors (Lipinski definition) is 1. The molecule has 2 atom stereocenters. The van der Waals surface area contributed by atoms with Gasteiger partial charge >= 0.3 is 0 Å². The number of hydrogen-bond acceptors (Lipinski definition) is 3. The smallest absolute Gasteiger partial charge is 0.245 e. The molecule has 1 saturated heterocycles. The molecule has 0 aliphatic carbocycles. The van der Waals surface area contributed by atoms with E-state index >= 15 is 0 Å². The summed E-state index contributed by atoms with van der Waals surface area (Å²) in [5, 5.41) is 3.30. The molecule has 0 aromatic heterocycles. The summed E-state index contributed by atoms with van der Waals surface area (Å²) >= 11 is 0. The number of carbonyl (C=O) groups is 1. The van der Waals surface area contributed by atoms with Crippen LogP contribution >= 0.6 is 0 Å². The molecule has 1 heterocycles. The van der Waals surface area contributed by atoms with E-state index in [1.165, 1.54) is 0 Å². The maximum atomic E-state index is 12.2. The van der Waals surface area contributed by atoms with Gasteiger partial charge in [-0.25, -0.2) is 0 Å². The van der Waals surface area contributed by atoms with Crippen LogP contribution in [-0.4, -0.2) is 37.2 Å². The van der Waals surface area contributed by atoms with E-state index in [1.54, 1.807) is 7.11 Å². The molecular formula is C13H18N2O2. The van der Waals surface area contributed by atoms with Gasteiger partial charge in [0.05, 0.1) is 12.8 Å². The average molecular weight is 234 g/mol. The van der Waals surface area contributed by atoms with Crippen molar-refractivity contribution in [2.75, 3.05) is 20.3 Å². The highest BCUT2D eigenvalue weighted by molar-refractivity contribution is 5.85. The van der Waals surface area contributed by atoms with Gasteiger partial charge in [0.2, 0.25) is 5.91 Å². The fourth-order valence-electron chi connectivity index (χ4n) is 2.14. The van der Waals surface area contributed by atoms with Crippen LogP contribution in [0.3, 0.4) is 0 Å². The summed E-state index contributed by atoms with van der Waals surface area (Å²) in [6, 6.07) is 9.58. The molecule has 2 unspecified atom stereocenters. The Morgan fingerprint density at radius 2 is 2.06 bits per heavy atom. The monoisotopic (exact) mass is 234 g/mol. The maximum Gasteiger partial charge on any atom is 0.245 e. The first kappa shape index (κ1) is 12.1. The molecule has 1 aliphatic heterocycles. The van der Waals surface area contributed by atoms with Gasteiger partial charge in [0, 0.05) is 13.7 Å². The molecule has 1 aromatic rings. The maximum absolute atomic E-state index is 12.2. The van der Waals surface area contributed by atoms with Crippen molar-refractivity contribution in [1.29, 1.82) is 0 Å². The van der Waals surface area contributed by atoms with Crippen LogP contribution in [0.15, 0.2) is 30.3 Å². The lowest BCUT2D eigenvalue weighted by Crippen LogP contribution is -2.37. The van der Waals surface area contributed by atoms with E-state index < -0.39 is 0 Å². The van der Waals surface area contributed by atoms with Crippen LogP contribution in [0.1, 0.15) is 18.5 Å². The van der Waals surface area contributed by atoms with Gasteiger partial charge < -0.3 is 9.64 Å². The van der Waals surface area contributed by atoms with Crippen LogP contribution < -0.4 is 5.32 Å². The number of rotatable bonds is 4. The van der Waals surface area contributed by atoms with Gasteiger partial charge in [0.15, 0.2) is 0 Å². The molecule has 1 amide bonds. The summed E-state index contributed by atoms with van der Waals surface area (Å²) in [5.41, 5.74) is 1.02. The molecule has 1 aliphatic rings. The first-order valence-electron chi connectivity index (χ1n) is 5.84. The molecule has 0 spiro atoms. The lowest BCUT2D eigenvalue weighted by molar-refractivity contribution is -0.130. The van der Waals surface area contributed by atoms with Crippen molar-refractivity contribution in [3.8, 4) is 0 Å². The number of ether oxygens (including phenoxy) is 1. The fourth-order valence-corrected chi connectivity index (χ4v) is 2.14. The Labute approximate surface area is 102 Å². The Balaban J connectivity index is 2.10. The topological polar surface area (TPSA) is 41.6 Å². The molecule has 0 bridgehead atoms. The van der Waals surface area contributed by atoms with Gasteiger partial charge in [0.25, 0.3) is 0 Å². The standard InChI is InChI=1S/C13H18N2O2/c1-10-14-12(11-6-4-3-5-7-11)13(16)15(10)8-9-17-2/h3-7,10,12,14H,8-9H2,1-2H3. The Kier molecular flexibility index (Phi) is 3.76. The highest BCUT2D eigenvalue weighted by atomic mass is 16.5. The lowest BCUT2D eigenvalue weighted by Gasteiger charge is -2.19. The van der Waals surface area contributed by atoms with Crippen molar-refractivity contribution < 1.29 is 9.53 Å². The third kappa shape index (κ3) is 2.48. The molecular weight excluding hydrogens is 216 g/mol. The van der Waals surface area contributed by atoms with E-state index in [4.69, 9.17) is 4.74 Å². The van der Waals surface area contributed by atoms with Crippen molar-refractivity contribution in [2.45, 2.75) is 19.1 Å². The number of nitrogens with zero attached hydrogens (tertiary/aromatic N) is 1. The number of methoxy groups -OCH3 is 1. The van der Waals surface area contributed by atoms with E-state index in [2.05, 4.69) is 5.32 Å². The second kappa shape index (κ2) is 5.29. The molecule has 92 valence electrons. The van der Waals surface area contributed by atoms with Crippen LogP contribution in [0.25, 0.3) is 0 Å². The third-order valence-electron chi connectivity index (χ3n) is 3.07. The zero-order chi connectivity index (χ0) is 12.3. The Bertz CT molecular complexity index is 380. The van der Waals surface area contributed by atoms with Gasteiger partial charge in [0.1, 0.15) is 6.04 Å². The molecule has 0 radical (unpaired) electrons. The van der Waals surface area contributed by atoms with Crippen molar-refractivity contribution in [3.63, 3.8) is 0 Å². The zero-order valence-electron chi connectivity index (χ0n) is 10.2. The molecule has 1 fully saturated rings. The summed E-state index contributed by atoms with van der Waals surface area (Å²) < 4.78 is 5.02. The average Bonchev–Trinajstić information content (AvgIpc) is 2.64. The quantitative estimate of drug-likeness (QED) is 0.849. The summed E-state index contributed by atoms with van der Waals surface area (Å²) in [5.74, 6) is 0.126. The van der Waals surface area contributed by atoms with Gasteiger partial charge in [-0.2, -0.15) is 0 Å². The van der Waals surface area contributed by atoms with Gasteiger partial charge in [-0.1, -0.05) is 30.3 Å². The molecule has 4 nitrogen and oxygen atoms in total. The molecule has 1 aromatic carbocycles. The first-order chi connectivity index (χ1) is 8.24. The predicted molar refractivity (Wildman–Crippen MR) is 65.4 cm³/mol. The normalized spacial score (nSPS) is 24.4. The minimum atomic E-state index is -0.219. The second-order valence-electron chi connectivity index (χ2n) is 4.21. The Hall–Kier alpha value is -1.39. The van der Waals surface area contributed by atoms with Crippen LogP contribution in [0.4, 0.5) is 0 Å². The lowest BCUT2D eigenvalue weighted by atomic mass is 10.1. The van der Waals surface area contributed by atoms with Gasteiger partial charge in [-0.15, -0.1) is 0 Å². The SMILES string of the molecule is COCCN1C(=O)C(c2ccccc2)NC1C. The van der Waals surface area contributed by atoms with Crippen LogP contribution in [0, 0.1) is 0 Å². The van der Waals surface area contributed by atoms with Crippen LogP contribution in [0.2, 0.25) is 0 Å². The Morgan fingerprint density at radius 1 is 1.35 bits per heavy atom. The minimum absolute atomic E-state index is 0.0582. The number of benzene rings is 1. The van der Waals surface area contributed by atoms with Gasteiger partial charge in [-0.3, -0.25) is 10.1 Å². The Morgan fingerprint density at radius 3 is 2.71 bits per heavy atom. The summed E-state index contributed by atoms with van der Waals surface area (Å²) in [6.07, 6.45) is 0.0582. The van der Waals surface area contributed by atoms with E-state index in [0.717, 1.165) is 5.56 Å². The van der Waals surface area contributed by atoms with E-state index in [9.17, 15) is 4.79 Å². The summed E-state index contributed by atoms with van der Waals surface area (Å²) in [4.78, 5) is 14.1. The zero-order valence-corrected chi connectivity index (χ0v) is 10.2. The van der Waals surface area contributed by atoms with Crippen LogP contribution in [-0.2, 0) is 9.53 Å². The van der Waals surface area contributed by atoms with E-state index in [1.807, 2.05) is 42.2 Å². The molecule has 4 heteroatoms. The number of nitrogens with one attached hydrogen (secondary N) is 1. The number of carbonyl (C=O) groups excluding carboxylic acids is 1. The third-order valence-corrected chi connectivity index (χ3v) is 3.07. The number of amides is 1. The molecule has 2 rings (SSSR count). The first-order valence-corrected chi connectivity index (χ1v) is 5.84. The predicted octanol–water partition coefficient (Wildman–Crippen LogP) is 1.15. The van der Waals surface area contributed by atoms with Crippen molar-refractivity contribution in [3.05, 3.63) is 35.9 Å². The minimum Gasteiger partial charge on any atom is -0.383 e. The van der Waals surface area contributed by atoms with E-state index in [-0.39, 0.29) is 18.1 Å². The molecule has 17 heavy (non-hydrogen) atoms. The largest absolute Gasteiger partial charge is 0.383 e.